The Labute approximate surface area is 349 Å². The molecule has 288 valence electrons. The van der Waals surface area contributed by atoms with Crippen LogP contribution in [0.5, 0.6) is 0 Å². The zero-order valence-corrected chi connectivity index (χ0v) is 33.1. The molecule has 0 saturated carbocycles. The second kappa shape index (κ2) is 16.6. The quantitative estimate of drug-likeness (QED) is 0.134. The van der Waals surface area contributed by atoms with E-state index >= 15 is 0 Å². The molecular weight excluding hydrogens is 737 g/mol. The summed E-state index contributed by atoms with van der Waals surface area (Å²) in [6.45, 7) is 16.2. The summed E-state index contributed by atoms with van der Waals surface area (Å²) < 4.78 is 0. The van der Waals surface area contributed by atoms with Crippen molar-refractivity contribution in [2.45, 2.75) is 25.7 Å². The third kappa shape index (κ3) is 6.94. The van der Waals surface area contributed by atoms with E-state index in [1.54, 1.807) is 0 Å². The number of rotatable bonds is 12. The lowest BCUT2D eigenvalue weighted by atomic mass is 9.97. The van der Waals surface area contributed by atoms with Crippen molar-refractivity contribution in [3.8, 4) is 0 Å². The zero-order valence-electron chi connectivity index (χ0n) is 33.1. The Bertz CT molecular complexity index is 2530. The predicted molar refractivity (Wildman–Crippen MR) is 247 cm³/mol. The van der Waals surface area contributed by atoms with Crippen molar-refractivity contribution >= 4 is 45.1 Å². The molecule has 5 aliphatic heterocycles. The smallest absolute Gasteiger partial charge is 0.0780 e. The maximum atomic E-state index is 5.41. The van der Waals surface area contributed by atoms with Gasteiger partial charge in [0.2, 0.25) is 0 Å². The molecule has 0 spiro atoms. The summed E-state index contributed by atoms with van der Waals surface area (Å²) in [4.78, 5) is 41.5. The summed E-state index contributed by atoms with van der Waals surface area (Å²) in [6.07, 6.45) is 33.5. The number of aromatic nitrogens is 4. The van der Waals surface area contributed by atoms with E-state index in [9.17, 15) is 0 Å². The van der Waals surface area contributed by atoms with Gasteiger partial charge in [-0.05, 0) is 121 Å². The Balaban J connectivity index is 1.41. The fraction of sp³-hybridized carbons (Fsp3) is 0.0769. The van der Waals surface area contributed by atoms with Crippen LogP contribution in [0.15, 0.2) is 215 Å². The van der Waals surface area contributed by atoms with Crippen molar-refractivity contribution in [1.29, 1.82) is 0 Å². The third-order valence-corrected chi connectivity index (χ3v) is 10.6. The number of aliphatic imine (C=N–C) groups is 4. The van der Waals surface area contributed by atoms with Crippen molar-refractivity contribution in [2.24, 2.45) is 20.0 Å². The molecule has 0 aliphatic carbocycles. The third-order valence-electron chi connectivity index (χ3n) is 10.6. The molecule has 8 heteroatoms. The average molecular weight is 777 g/mol. The molecular formula is C52H40N8. The molecule has 0 unspecified atom stereocenters. The van der Waals surface area contributed by atoms with Gasteiger partial charge in [0.15, 0.2) is 0 Å². The lowest BCUT2D eigenvalue weighted by molar-refractivity contribution is 1.15. The van der Waals surface area contributed by atoms with Crippen LogP contribution in [0, 0.1) is 0 Å². The molecule has 9 rings (SSSR count). The van der Waals surface area contributed by atoms with E-state index in [0.29, 0.717) is 71.3 Å². The van der Waals surface area contributed by atoms with Crippen molar-refractivity contribution in [3.63, 3.8) is 0 Å². The minimum Gasteiger partial charge on any atom is -0.256 e. The highest BCUT2D eigenvalue weighted by atomic mass is 14.9. The van der Waals surface area contributed by atoms with Gasteiger partial charge in [-0.15, -0.1) is 26.3 Å². The summed E-state index contributed by atoms with van der Waals surface area (Å²) in [7, 11) is 0. The van der Waals surface area contributed by atoms with Crippen molar-refractivity contribution < 1.29 is 0 Å². The first-order valence-electron chi connectivity index (χ1n) is 19.9. The lowest BCUT2D eigenvalue weighted by Crippen LogP contribution is -2.08. The Morgan fingerprint density at radius 2 is 0.567 bits per heavy atom. The molecule has 8 nitrogen and oxygen atoms in total. The number of hydrogen-bond donors (Lipinski definition) is 0. The molecule has 4 aromatic rings. The highest BCUT2D eigenvalue weighted by molar-refractivity contribution is 6.39. The highest BCUT2D eigenvalue weighted by Crippen LogP contribution is 2.39. The number of allylic oxidation sites excluding steroid dienone is 16. The van der Waals surface area contributed by atoms with E-state index in [2.05, 4.69) is 50.6 Å². The second-order valence-electron chi connectivity index (χ2n) is 14.4. The average Bonchev–Trinajstić information content (AvgIpc) is 4.12. The Morgan fingerprint density at radius 3 is 0.783 bits per heavy atom. The van der Waals surface area contributed by atoms with E-state index in [4.69, 9.17) is 39.9 Å². The second-order valence-corrected chi connectivity index (χ2v) is 14.4. The maximum absolute atomic E-state index is 5.41. The van der Waals surface area contributed by atoms with Gasteiger partial charge in [0, 0.05) is 24.8 Å². The standard InChI is InChI=1S/C52H40N8/c1-5-13-33-17-9-29-53-49(33)45-37-21-23-39(57-37)46(50-34(14-6-2)18-10-30-54-50)41-25-27-43(59-41)48(52-36(16-8-4)20-12-32-56-52)44-28-26-42(60-44)47(40-24-22-38(45)58-40)51-35(15-7-3)19-11-31-55-51/h5-12,17-32H,1-4,13-16H2. The minimum absolute atomic E-state index is 0.615. The van der Waals surface area contributed by atoms with E-state index < -0.39 is 0 Å². The van der Waals surface area contributed by atoms with Crippen LogP contribution < -0.4 is 0 Å². The van der Waals surface area contributed by atoms with Gasteiger partial charge in [0.1, 0.15) is 0 Å². The fourth-order valence-electron chi connectivity index (χ4n) is 7.99. The first kappa shape index (κ1) is 37.7. The van der Waals surface area contributed by atoms with Gasteiger partial charge in [-0.25, -0.2) is 20.0 Å². The Morgan fingerprint density at radius 1 is 0.333 bits per heavy atom. The number of pyridine rings is 4. The van der Waals surface area contributed by atoms with Gasteiger partial charge in [0.25, 0.3) is 0 Å². The van der Waals surface area contributed by atoms with E-state index in [1.807, 2.05) is 122 Å². The first-order valence-corrected chi connectivity index (χ1v) is 19.9. The van der Waals surface area contributed by atoms with E-state index in [-0.39, 0.29) is 0 Å². The lowest BCUT2D eigenvalue weighted by Gasteiger charge is -2.15. The van der Waals surface area contributed by atoms with Crippen LogP contribution in [0.3, 0.4) is 0 Å². The molecule has 4 aromatic heterocycles. The summed E-state index contributed by atoms with van der Waals surface area (Å²) in [5.74, 6) is 0. The Hall–Kier alpha value is -7.84. The molecule has 0 N–H and O–H groups in total. The molecule has 0 aromatic carbocycles. The SMILES string of the molecule is C=CCc1cccnc1C1=C2C=CC(=N2)C(c2ncccc2CC=C)=C2C=CC(=N2)C(c2ncccc2CC=C)=C2C=CC(=N2)C(c2ncccc2CC=C)=C2C=CC1=N2. The molecule has 0 atom stereocenters. The van der Waals surface area contributed by atoms with Gasteiger partial charge in [0.05, 0.1) is 90.7 Å². The van der Waals surface area contributed by atoms with Crippen LogP contribution in [-0.4, -0.2) is 42.8 Å². The van der Waals surface area contributed by atoms with Gasteiger partial charge >= 0.3 is 0 Å². The molecule has 0 radical (unpaired) electrons. The summed E-state index contributed by atoms with van der Waals surface area (Å²) in [5, 5.41) is 0. The highest BCUT2D eigenvalue weighted by Gasteiger charge is 2.30. The van der Waals surface area contributed by atoms with Gasteiger partial charge in [-0.1, -0.05) is 48.6 Å². The number of fused-ring (bicyclic) bond motifs is 4. The van der Waals surface area contributed by atoms with E-state index in [0.717, 1.165) is 67.3 Å². The normalized spacial score (nSPS) is 16.4. The predicted octanol–water partition coefficient (Wildman–Crippen LogP) is 10.2. The van der Waals surface area contributed by atoms with Gasteiger partial charge in [-0.2, -0.15) is 0 Å². The van der Waals surface area contributed by atoms with Crippen molar-refractivity contribution in [2.75, 3.05) is 0 Å². The molecule has 5 aliphatic rings. The van der Waals surface area contributed by atoms with Crippen LogP contribution in [-0.2, 0) is 25.7 Å². The molecule has 8 bridgehead atoms. The molecule has 0 amide bonds. The maximum Gasteiger partial charge on any atom is 0.0780 e. The Kier molecular flexibility index (Phi) is 10.4. The summed E-state index contributed by atoms with van der Waals surface area (Å²) in [5.41, 5.74) is 16.0. The molecule has 0 saturated heterocycles. The van der Waals surface area contributed by atoms with Crippen molar-refractivity contribution in [1.82, 2.24) is 19.9 Å². The number of hydrogen-bond acceptors (Lipinski definition) is 8. The van der Waals surface area contributed by atoms with Gasteiger partial charge < -0.3 is 0 Å². The fourth-order valence-corrected chi connectivity index (χ4v) is 7.99. The molecule has 0 fully saturated rings. The number of nitrogens with zero attached hydrogens (tertiary/aromatic N) is 8. The van der Waals surface area contributed by atoms with Crippen LogP contribution in [0.1, 0.15) is 45.0 Å². The van der Waals surface area contributed by atoms with Crippen LogP contribution in [0.4, 0.5) is 0 Å². The summed E-state index contributed by atoms with van der Waals surface area (Å²) >= 11 is 0. The van der Waals surface area contributed by atoms with Crippen LogP contribution in [0.25, 0.3) is 22.3 Å². The van der Waals surface area contributed by atoms with Crippen LogP contribution in [0.2, 0.25) is 0 Å². The van der Waals surface area contributed by atoms with E-state index in [1.165, 1.54) is 0 Å². The zero-order chi connectivity index (χ0) is 41.0. The molecule has 9 heterocycles. The van der Waals surface area contributed by atoms with Crippen LogP contribution >= 0.6 is 0 Å². The van der Waals surface area contributed by atoms with Gasteiger partial charge in [-0.3, -0.25) is 19.9 Å². The minimum atomic E-state index is 0.615. The van der Waals surface area contributed by atoms with Crippen molar-refractivity contribution in [3.05, 3.63) is 240 Å². The monoisotopic (exact) mass is 776 g/mol. The topological polar surface area (TPSA) is 101 Å². The first-order chi connectivity index (χ1) is 29.6. The molecule has 60 heavy (non-hydrogen) atoms. The largest absolute Gasteiger partial charge is 0.256 e. The summed E-state index contributed by atoms with van der Waals surface area (Å²) in [6, 6.07) is 16.1.